The Morgan fingerprint density at radius 1 is 1.43 bits per heavy atom. The number of ether oxygens (including phenoxy) is 1. The number of hydrogen-bond donors (Lipinski definition) is 1. The van der Waals surface area contributed by atoms with Crippen molar-refractivity contribution in [3.63, 3.8) is 0 Å². The van der Waals surface area contributed by atoms with Gasteiger partial charge < -0.3 is 19.5 Å². The highest BCUT2D eigenvalue weighted by molar-refractivity contribution is 6.00. The molecule has 1 aliphatic rings. The molecule has 1 fully saturated rings. The van der Waals surface area contributed by atoms with Crippen molar-refractivity contribution in [2.24, 2.45) is 5.92 Å². The van der Waals surface area contributed by atoms with Crippen molar-refractivity contribution < 1.29 is 28.6 Å². The molecular formula is C17H16N4O7. The number of nitro benzene ring substituents is 1. The molecule has 11 heteroatoms. The Kier molecular flexibility index (Phi) is 5.34. The second kappa shape index (κ2) is 7.86. The number of carbonyl (C=O) groups excluding carboxylic acids is 3. The molecular weight excluding hydrogens is 372 g/mol. The van der Waals surface area contributed by atoms with Gasteiger partial charge >= 0.3 is 5.97 Å². The van der Waals surface area contributed by atoms with Crippen molar-refractivity contribution in [3.8, 4) is 0 Å². The van der Waals surface area contributed by atoms with E-state index in [2.05, 4.69) is 10.5 Å². The van der Waals surface area contributed by atoms with Crippen LogP contribution in [0, 0.1) is 23.0 Å². The molecule has 2 amide bonds. The Hall–Kier alpha value is -3.76. The molecule has 1 N–H and O–H groups in total. The summed E-state index contributed by atoms with van der Waals surface area (Å²) in [5, 5.41) is 16.9. The van der Waals surface area contributed by atoms with E-state index in [1.54, 1.807) is 13.0 Å². The summed E-state index contributed by atoms with van der Waals surface area (Å²) in [6.45, 7) is 1.14. The zero-order chi connectivity index (χ0) is 20.3. The second-order valence-corrected chi connectivity index (χ2v) is 6.16. The van der Waals surface area contributed by atoms with Crippen LogP contribution in [0.4, 0.5) is 17.2 Å². The van der Waals surface area contributed by atoms with E-state index < -0.39 is 29.3 Å². The maximum absolute atomic E-state index is 12.2. The molecule has 2 heterocycles. The minimum absolute atomic E-state index is 0.0168. The number of non-ortho nitro benzene ring substituents is 1. The van der Waals surface area contributed by atoms with Crippen molar-refractivity contribution in [1.82, 2.24) is 5.16 Å². The van der Waals surface area contributed by atoms with E-state index in [0.717, 1.165) is 0 Å². The lowest BCUT2D eigenvalue weighted by Gasteiger charge is -2.16. The molecule has 0 bridgehead atoms. The summed E-state index contributed by atoms with van der Waals surface area (Å²) in [6, 6.07) is 7.09. The number of anilines is 2. The molecule has 0 radical (unpaired) electrons. The third kappa shape index (κ3) is 4.31. The SMILES string of the molecule is Cc1cc(NC(=O)COC(=O)[C@H]2CC(=O)N(c3cccc([N+](=O)[O-])c3)C2)no1. The number of benzene rings is 1. The Bertz CT molecular complexity index is 939. The Morgan fingerprint density at radius 3 is 2.89 bits per heavy atom. The maximum Gasteiger partial charge on any atom is 0.311 e. The quantitative estimate of drug-likeness (QED) is 0.444. The van der Waals surface area contributed by atoms with Crippen molar-refractivity contribution in [2.45, 2.75) is 13.3 Å². The van der Waals surface area contributed by atoms with Gasteiger partial charge in [0.15, 0.2) is 12.4 Å². The van der Waals surface area contributed by atoms with Gasteiger partial charge in [-0.05, 0) is 13.0 Å². The lowest BCUT2D eigenvalue weighted by Crippen LogP contribution is -2.28. The van der Waals surface area contributed by atoms with E-state index in [1.807, 2.05) is 0 Å². The zero-order valence-corrected chi connectivity index (χ0v) is 14.8. The molecule has 146 valence electrons. The predicted molar refractivity (Wildman–Crippen MR) is 94.4 cm³/mol. The second-order valence-electron chi connectivity index (χ2n) is 6.16. The summed E-state index contributed by atoms with van der Waals surface area (Å²) in [5.41, 5.74) is 0.171. The van der Waals surface area contributed by atoms with Gasteiger partial charge in [0, 0.05) is 31.2 Å². The van der Waals surface area contributed by atoms with Crippen LogP contribution in [-0.4, -0.2) is 41.0 Å². The monoisotopic (exact) mass is 388 g/mol. The fourth-order valence-electron chi connectivity index (χ4n) is 2.75. The first kappa shape index (κ1) is 19.0. The van der Waals surface area contributed by atoms with Crippen LogP contribution in [0.5, 0.6) is 0 Å². The smallest absolute Gasteiger partial charge is 0.311 e. The summed E-state index contributed by atoms with van der Waals surface area (Å²) in [4.78, 5) is 47.8. The van der Waals surface area contributed by atoms with Crippen molar-refractivity contribution in [1.29, 1.82) is 0 Å². The zero-order valence-electron chi connectivity index (χ0n) is 14.8. The third-order valence-electron chi connectivity index (χ3n) is 4.05. The van der Waals surface area contributed by atoms with Crippen LogP contribution >= 0.6 is 0 Å². The molecule has 11 nitrogen and oxygen atoms in total. The van der Waals surface area contributed by atoms with Gasteiger partial charge in [-0.2, -0.15) is 0 Å². The summed E-state index contributed by atoms with van der Waals surface area (Å²) in [6.07, 6.45) is -0.106. The van der Waals surface area contributed by atoms with Crippen molar-refractivity contribution in [3.05, 3.63) is 46.2 Å². The first-order valence-electron chi connectivity index (χ1n) is 8.28. The topological polar surface area (TPSA) is 145 Å². The van der Waals surface area contributed by atoms with E-state index in [1.165, 1.54) is 29.2 Å². The summed E-state index contributed by atoms with van der Waals surface area (Å²) >= 11 is 0. The van der Waals surface area contributed by atoms with Gasteiger partial charge in [-0.3, -0.25) is 24.5 Å². The van der Waals surface area contributed by atoms with Gasteiger partial charge in [0.1, 0.15) is 5.76 Å². The van der Waals surface area contributed by atoms with Gasteiger partial charge in [-0.25, -0.2) is 0 Å². The standard InChI is InChI=1S/C17H16N4O7/c1-10-5-14(19-28-10)18-15(22)9-27-17(24)11-6-16(23)20(8-11)12-3-2-4-13(7-12)21(25)26/h2-5,7,11H,6,8-9H2,1H3,(H,18,19,22)/t11-/m0/s1. The van der Waals surface area contributed by atoms with Gasteiger partial charge in [0.05, 0.1) is 16.5 Å². The highest BCUT2D eigenvalue weighted by Crippen LogP contribution is 2.28. The lowest BCUT2D eigenvalue weighted by molar-refractivity contribution is -0.384. The minimum atomic E-state index is -0.770. The van der Waals surface area contributed by atoms with Crippen LogP contribution in [0.1, 0.15) is 12.2 Å². The Morgan fingerprint density at radius 2 is 2.21 bits per heavy atom. The molecule has 2 aromatic rings. The summed E-state index contributed by atoms with van der Waals surface area (Å²) in [5.74, 6) is -1.71. The number of aromatic nitrogens is 1. The highest BCUT2D eigenvalue weighted by Gasteiger charge is 2.36. The number of amides is 2. The first-order valence-corrected chi connectivity index (χ1v) is 8.28. The molecule has 1 saturated heterocycles. The number of hydrogen-bond acceptors (Lipinski definition) is 8. The van der Waals surface area contributed by atoms with E-state index in [-0.39, 0.29) is 30.4 Å². The summed E-state index contributed by atoms with van der Waals surface area (Å²) < 4.78 is 9.77. The van der Waals surface area contributed by atoms with Crippen LogP contribution < -0.4 is 10.2 Å². The molecule has 1 aliphatic heterocycles. The van der Waals surface area contributed by atoms with Gasteiger partial charge in [0.2, 0.25) is 5.91 Å². The average molecular weight is 388 g/mol. The van der Waals surface area contributed by atoms with E-state index in [4.69, 9.17) is 9.26 Å². The van der Waals surface area contributed by atoms with Gasteiger partial charge in [-0.1, -0.05) is 11.2 Å². The van der Waals surface area contributed by atoms with Crippen LogP contribution in [0.25, 0.3) is 0 Å². The van der Waals surface area contributed by atoms with E-state index >= 15 is 0 Å². The molecule has 0 aliphatic carbocycles. The number of nitrogens with one attached hydrogen (secondary N) is 1. The predicted octanol–water partition coefficient (Wildman–Crippen LogP) is 1.43. The molecule has 3 rings (SSSR count). The van der Waals surface area contributed by atoms with E-state index in [9.17, 15) is 24.5 Å². The number of nitrogens with zero attached hydrogens (tertiary/aromatic N) is 3. The maximum atomic E-state index is 12.2. The Labute approximate surface area is 158 Å². The Balaban J connectivity index is 1.55. The molecule has 1 aromatic carbocycles. The largest absolute Gasteiger partial charge is 0.455 e. The average Bonchev–Trinajstić information content (AvgIpc) is 3.25. The number of rotatable bonds is 6. The van der Waals surface area contributed by atoms with Crippen LogP contribution in [0.15, 0.2) is 34.9 Å². The molecule has 0 saturated carbocycles. The highest BCUT2D eigenvalue weighted by atomic mass is 16.6. The fourth-order valence-corrected chi connectivity index (χ4v) is 2.75. The fraction of sp³-hybridized carbons (Fsp3) is 0.294. The first-order chi connectivity index (χ1) is 13.3. The lowest BCUT2D eigenvalue weighted by atomic mass is 10.1. The van der Waals surface area contributed by atoms with Crippen LogP contribution in [0.3, 0.4) is 0 Å². The number of esters is 1. The van der Waals surface area contributed by atoms with Crippen molar-refractivity contribution >= 4 is 35.0 Å². The van der Waals surface area contributed by atoms with E-state index in [0.29, 0.717) is 11.4 Å². The number of nitro groups is 1. The minimum Gasteiger partial charge on any atom is -0.455 e. The van der Waals surface area contributed by atoms with Crippen LogP contribution in [0.2, 0.25) is 0 Å². The van der Waals surface area contributed by atoms with Gasteiger partial charge in [-0.15, -0.1) is 0 Å². The van der Waals surface area contributed by atoms with Gasteiger partial charge in [0.25, 0.3) is 11.6 Å². The third-order valence-corrected chi connectivity index (χ3v) is 4.05. The molecule has 1 aromatic heterocycles. The molecule has 0 unspecified atom stereocenters. The molecule has 1 atom stereocenters. The van der Waals surface area contributed by atoms with Crippen molar-refractivity contribution in [2.75, 3.05) is 23.4 Å². The normalized spacial score (nSPS) is 16.1. The summed E-state index contributed by atoms with van der Waals surface area (Å²) in [7, 11) is 0. The number of carbonyl (C=O) groups is 3. The molecule has 0 spiro atoms. The molecule has 28 heavy (non-hydrogen) atoms. The number of aryl methyl sites for hydroxylation is 1. The van der Waals surface area contributed by atoms with Crippen LogP contribution in [-0.2, 0) is 19.1 Å².